The van der Waals surface area contributed by atoms with Crippen molar-refractivity contribution in [2.75, 3.05) is 35.9 Å². The van der Waals surface area contributed by atoms with Gasteiger partial charge >= 0.3 is 11.9 Å². The van der Waals surface area contributed by atoms with Gasteiger partial charge in [-0.25, -0.2) is 16.8 Å². The molecule has 5 aromatic rings. The van der Waals surface area contributed by atoms with E-state index in [1.165, 1.54) is 74.9 Å². The lowest BCUT2D eigenvalue weighted by Gasteiger charge is -2.28. The Kier molecular flexibility index (Phi) is 11.4. The number of carboxylic acids is 2. The number of ether oxygens (including phenoxy) is 3. The monoisotopic (exact) mass is 746 g/mol. The van der Waals surface area contributed by atoms with Crippen LogP contribution in [0.4, 0.5) is 11.4 Å². The Hall–Kier alpha value is -6.06. The molecule has 5 aromatic carbocycles. The molecular weight excluding hydrogens is 713 g/mol. The van der Waals surface area contributed by atoms with Crippen LogP contribution >= 0.6 is 0 Å². The molecule has 0 aliphatic heterocycles. The van der Waals surface area contributed by atoms with Gasteiger partial charge in [0.05, 0.1) is 35.4 Å². The van der Waals surface area contributed by atoms with Crippen molar-refractivity contribution >= 4 is 43.4 Å². The first-order valence-electron chi connectivity index (χ1n) is 15.5. The summed E-state index contributed by atoms with van der Waals surface area (Å²) < 4.78 is 73.3. The average molecular weight is 747 g/mol. The van der Waals surface area contributed by atoms with E-state index in [1.54, 1.807) is 12.1 Å². The molecule has 2 N–H and O–H groups in total. The minimum absolute atomic E-state index is 0.154. The summed E-state index contributed by atoms with van der Waals surface area (Å²) in [7, 11) is -6.27. The maximum absolute atomic E-state index is 14.0. The van der Waals surface area contributed by atoms with Gasteiger partial charge in [-0.1, -0.05) is 54.6 Å². The number of carboxylic acid groups (broad SMARTS) is 2. The van der Waals surface area contributed by atoms with Crippen molar-refractivity contribution in [3.05, 3.63) is 127 Å². The van der Waals surface area contributed by atoms with Gasteiger partial charge in [-0.15, -0.1) is 0 Å². The highest BCUT2D eigenvalue weighted by molar-refractivity contribution is 7.93. The van der Waals surface area contributed by atoms with Crippen LogP contribution in [0.5, 0.6) is 17.2 Å². The van der Waals surface area contributed by atoms with E-state index in [1.807, 2.05) is 42.5 Å². The molecule has 0 unspecified atom stereocenters. The highest BCUT2D eigenvalue weighted by atomic mass is 32.2. The van der Waals surface area contributed by atoms with Crippen molar-refractivity contribution in [2.24, 2.45) is 0 Å². The third kappa shape index (κ3) is 8.45. The summed E-state index contributed by atoms with van der Waals surface area (Å²) >= 11 is 0. The van der Waals surface area contributed by atoms with Crippen molar-refractivity contribution in [1.82, 2.24) is 0 Å². The molecule has 0 fully saturated rings. The van der Waals surface area contributed by atoms with E-state index in [-0.39, 0.29) is 33.5 Å². The zero-order valence-electron chi connectivity index (χ0n) is 27.9. The number of nitrogens with zero attached hydrogens (tertiary/aromatic N) is 2. The summed E-state index contributed by atoms with van der Waals surface area (Å²) in [6.07, 6.45) is 0. The van der Waals surface area contributed by atoms with E-state index in [0.29, 0.717) is 25.7 Å². The molecule has 0 amide bonds. The maximum Gasteiger partial charge on any atom is 0.324 e. The molecule has 270 valence electrons. The Labute approximate surface area is 301 Å². The first-order valence-corrected chi connectivity index (χ1v) is 18.4. The largest absolute Gasteiger partial charge is 0.497 e. The summed E-state index contributed by atoms with van der Waals surface area (Å²) in [6, 6.07) is 31.1. The molecule has 52 heavy (non-hydrogen) atoms. The van der Waals surface area contributed by atoms with Crippen molar-refractivity contribution < 1.29 is 50.8 Å². The molecule has 0 heterocycles. The quantitative estimate of drug-likeness (QED) is 0.130. The lowest BCUT2D eigenvalue weighted by molar-refractivity contribution is -0.136. The van der Waals surface area contributed by atoms with Gasteiger partial charge < -0.3 is 24.4 Å². The Morgan fingerprint density at radius 3 is 1.58 bits per heavy atom. The third-order valence-corrected chi connectivity index (χ3v) is 11.4. The highest BCUT2D eigenvalue weighted by Gasteiger charge is 2.32. The van der Waals surface area contributed by atoms with Crippen molar-refractivity contribution in [2.45, 2.75) is 16.4 Å². The number of rotatable bonds is 16. The van der Waals surface area contributed by atoms with Crippen LogP contribution < -0.4 is 22.8 Å². The third-order valence-electron chi connectivity index (χ3n) is 7.81. The molecule has 0 aliphatic rings. The zero-order valence-corrected chi connectivity index (χ0v) is 29.6. The topological polar surface area (TPSA) is 177 Å². The molecule has 0 aliphatic carbocycles. The molecule has 13 nitrogen and oxygen atoms in total. The summed E-state index contributed by atoms with van der Waals surface area (Å²) in [6.45, 7) is -2.19. The molecule has 0 spiro atoms. The van der Waals surface area contributed by atoms with Crippen molar-refractivity contribution in [3.63, 3.8) is 0 Å². The number of hydrogen-bond acceptors (Lipinski definition) is 9. The van der Waals surface area contributed by atoms with Crippen LogP contribution in [0.15, 0.2) is 131 Å². The number of benzene rings is 5. The van der Waals surface area contributed by atoms with E-state index >= 15 is 0 Å². The van der Waals surface area contributed by atoms with Gasteiger partial charge in [0.2, 0.25) is 0 Å². The summed E-state index contributed by atoms with van der Waals surface area (Å²) in [5.74, 6) is -2.46. The van der Waals surface area contributed by atoms with Gasteiger partial charge in [0.15, 0.2) is 0 Å². The molecule has 0 atom stereocenters. The normalized spacial score (nSPS) is 11.3. The van der Waals surface area contributed by atoms with Crippen LogP contribution in [-0.4, -0.2) is 66.3 Å². The first-order chi connectivity index (χ1) is 24.8. The minimum Gasteiger partial charge on any atom is -0.497 e. The predicted octanol–water partition coefficient (Wildman–Crippen LogP) is 5.51. The van der Waals surface area contributed by atoms with Gasteiger partial charge in [0, 0.05) is 6.07 Å². The predicted molar refractivity (Wildman–Crippen MR) is 193 cm³/mol. The Bertz CT molecular complexity index is 2250. The molecule has 0 saturated heterocycles. The average Bonchev–Trinajstić information content (AvgIpc) is 3.15. The lowest BCUT2D eigenvalue weighted by Crippen LogP contribution is -2.37. The van der Waals surface area contributed by atoms with E-state index < -0.39 is 45.1 Å². The molecule has 15 heteroatoms. The minimum atomic E-state index is -4.57. The van der Waals surface area contributed by atoms with E-state index in [4.69, 9.17) is 14.2 Å². The summed E-state index contributed by atoms with van der Waals surface area (Å²) in [5, 5.41) is 19.6. The number of hydrogen-bond donors (Lipinski definition) is 2. The molecule has 0 bridgehead atoms. The molecule has 5 rings (SSSR count). The van der Waals surface area contributed by atoms with E-state index in [9.17, 15) is 36.6 Å². The number of aliphatic carboxylic acids is 2. The van der Waals surface area contributed by atoms with Crippen molar-refractivity contribution in [3.8, 4) is 28.4 Å². The second kappa shape index (κ2) is 15.9. The van der Waals surface area contributed by atoms with Crippen molar-refractivity contribution in [1.29, 1.82) is 0 Å². The van der Waals surface area contributed by atoms with Gasteiger partial charge in [-0.05, 0) is 77.4 Å². The summed E-state index contributed by atoms with van der Waals surface area (Å²) in [5.41, 5.74) is 2.13. The van der Waals surface area contributed by atoms with Crippen LogP contribution in [-0.2, 0) is 36.2 Å². The lowest BCUT2D eigenvalue weighted by atomic mass is 10.0. The first kappa shape index (κ1) is 37.2. The molecule has 0 saturated carbocycles. The molecule has 0 aromatic heterocycles. The number of sulfonamides is 2. The second-order valence-corrected chi connectivity index (χ2v) is 14.9. The number of methoxy groups -OCH3 is 2. The van der Waals surface area contributed by atoms with Gasteiger partial charge in [-0.2, -0.15) is 0 Å². The van der Waals surface area contributed by atoms with E-state index in [2.05, 4.69) is 0 Å². The fourth-order valence-corrected chi connectivity index (χ4v) is 8.01. The van der Waals surface area contributed by atoms with Crippen LogP contribution in [0.25, 0.3) is 11.1 Å². The zero-order chi connectivity index (χ0) is 37.5. The molecule has 0 radical (unpaired) electrons. The second-order valence-electron chi connectivity index (χ2n) is 11.2. The SMILES string of the molecule is COc1ccc(S(=O)(=O)N(CC(=O)O)c2ccc(N(CC(=O)O)S(=O)(=O)c3ccc(OC)cc3)c(OCc3ccc(-c4ccccc4)cc3)c2)cc1. The van der Waals surface area contributed by atoms with Crippen LogP contribution in [0.3, 0.4) is 0 Å². The van der Waals surface area contributed by atoms with Crippen LogP contribution in [0, 0.1) is 0 Å². The fourth-order valence-electron chi connectivity index (χ4n) is 5.17. The van der Waals surface area contributed by atoms with Crippen LogP contribution in [0.1, 0.15) is 5.56 Å². The Morgan fingerprint density at radius 1 is 0.596 bits per heavy atom. The number of anilines is 2. The van der Waals surface area contributed by atoms with Crippen LogP contribution in [0.2, 0.25) is 0 Å². The van der Waals surface area contributed by atoms with Gasteiger partial charge in [0.1, 0.15) is 36.9 Å². The highest BCUT2D eigenvalue weighted by Crippen LogP contribution is 2.38. The Morgan fingerprint density at radius 2 is 1.08 bits per heavy atom. The molecular formula is C37H34N2O11S2. The maximum atomic E-state index is 14.0. The van der Waals surface area contributed by atoms with Gasteiger partial charge in [-0.3, -0.25) is 18.2 Å². The summed E-state index contributed by atoms with van der Waals surface area (Å²) in [4.78, 5) is 23.6. The smallest absolute Gasteiger partial charge is 0.324 e. The fraction of sp³-hybridized carbons (Fsp3) is 0.135. The number of carbonyl (C=O) groups is 2. The standard InChI is InChI=1S/C37H34N2O11S2/c1-48-30-13-17-32(18-14-30)51(44,45)38(23-36(40)41)29-12-21-34(39(24-37(42)43)52(46,47)33-19-15-31(49-2)16-20-33)35(22-29)50-25-26-8-10-28(11-9-26)27-6-4-3-5-7-27/h3-22H,23-25H2,1-2H3,(H,40,41)(H,42,43). The van der Waals surface area contributed by atoms with E-state index in [0.717, 1.165) is 17.2 Å². The van der Waals surface area contributed by atoms with Gasteiger partial charge in [0.25, 0.3) is 20.0 Å². The Balaban J connectivity index is 1.61.